The van der Waals surface area contributed by atoms with Gasteiger partial charge >= 0.3 is 0 Å². The Morgan fingerprint density at radius 2 is 2.00 bits per heavy atom. The van der Waals surface area contributed by atoms with Crippen molar-refractivity contribution in [1.29, 1.82) is 0 Å². The molecule has 1 aliphatic heterocycles. The number of pyridine rings is 2. The Balaban J connectivity index is 1.60. The lowest BCUT2D eigenvalue weighted by Gasteiger charge is -2.40. The van der Waals surface area contributed by atoms with Crippen LogP contribution >= 0.6 is 0 Å². The van der Waals surface area contributed by atoms with Crippen LogP contribution in [0.4, 0.5) is 0 Å². The van der Waals surface area contributed by atoms with E-state index >= 15 is 0 Å². The summed E-state index contributed by atoms with van der Waals surface area (Å²) in [6.07, 6.45) is 6.02. The van der Waals surface area contributed by atoms with Crippen molar-refractivity contribution in [2.24, 2.45) is 0 Å². The van der Waals surface area contributed by atoms with Gasteiger partial charge in [-0.2, -0.15) is 0 Å². The zero-order valence-corrected chi connectivity index (χ0v) is 16.8. The molecule has 30 heavy (non-hydrogen) atoms. The average molecular weight is 404 g/mol. The molecule has 1 fully saturated rings. The predicted molar refractivity (Wildman–Crippen MR) is 113 cm³/mol. The lowest BCUT2D eigenvalue weighted by atomic mass is 9.96. The average Bonchev–Trinajstić information content (AvgIpc) is 2.83. The smallest absolute Gasteiger partial charge is 0.210 e. The van der Waals surface area contributed by atoms with Crippen molar-refractivity contribution in [3.05, 3.63) is 72.8 Å². The van der Waals surface area contributed by atoms with E-state index in [9.17, 15) is 4.79 Å². The number of carbonyl (C=O) groups excluding carboxylic acids is 1. The van der Waals surface area contributed by atoms with Crippen molar-refractivity contribution in [3.8, 4) is 22.6 Å². The minimum absolute atomic E-state index is 0.123. The maximum Gasteiger partial charge on any atom is 0.210 e. The summed E-state index contributed by atoms with van der Waals surface area (Å²) in [7, 11) is 1.65. The van der Waals surface area contributed by atoms with Gasteiger partial charge in [-0.05, 0) is 35.9 Å². The van der Waals surface area contributed by atoms with Crippen LogP contribution in [0.1, 0.15) is 11.7 Å². The Morgan fingerprint density at radius 3 is 2.80 bits per heavy atom. The minimum atomic E-state index is -0.207. The van der Waals surface area contributed by atoms with E-state index in [-0.39, 0.29) is 12.1 Å². The fraction of sp³-hybridized carbons (Fsp3) is 0.261. The molecular formula is C23H24N4O3. The molecule has 7 heteroatoms. The maximum atomic E-state index is 12.1. The molecule has 2 unspecified atom stereocenters. The molecule has 0 aliphatic carbocycles. The Labute approximate surface area is 175 Å². The van der Waals surface area contributed by atoms with E-state index in [4.69, 9.17) is 9.47 Å². The van der Waals surface area contributed by atoms with Gasteiger partial charge in [0.15, 0.2) is 0 Å². The molecular weight excluding hydrogens is 380 g/mol. The quantitative estimate of drug-likeness (QED) is 0.610. The molecule has 3 aromatic rings. The topological polar surface area (TPSA) is 76.6 Å². The highest BCUT2D eigenvalue weighted by atomic mass is 16.5. The van der Waals surface area contributed by atoms with Crippen molar-refractivity contribution in [3.63, 3.8) is 0 Å². The highest BCUT2D eigenvalue weighted by Crippen LogP contribution is 2.32. The van der Waals surface area contributed by atoms with Crippen molar-refractivity contribution in [2.75, 3.05) is 26.8 Å². The molecule has 1 N–H and O–H groups in total. The number of hydrogen-bond acceptors (Lipinski definition) is 6. The number of ether oxygens (including phenoxy) is 2. The van der Waals surface area contributed by atoms with E-state index < -0.39 is 0 Å². The number of methoxy groups -OCH3 is 1. The number of amides is 1. The van der Waals surface area contributed by atoms with Gasteiger partial charge in [0.05, 0.1) is 31.1 Å². The van der Waals surface area contributed by atoms with Gasteiger partial charge in [0, 0.05) is 31.0 Å². The molecule has 2 aromatic heterocycles. The summed E-state index contributed by atoms with van der Waals surface area (Å²) in [5, 5.41) is 3.42. The van der Waals surface area contributed by atoms with E-state index in [1.54, 1.807) is 30.6 Å². The van der Waals surface area contributed by atoms with Gasteiger partial charge in [-0.1, -0.05) is 18.2 Å². The summed E-state index contributed by atoms with van der Waals surface area (Å²) >= 11 is 0. The lowest BCUT2D eigenvalue weighted by Crippen LogP contribution is -2.54. The van der Waals surface area contributed by atoms with Crippen molar-refractivity contribution in [1.82, 2.24) is 20.2 Å². The Kier molecular flexibility index (Phi) is 6.20. The van der Waals surface area contributed by atoms with E-state index in [0.717, 1.165) is 29.0 Å². The second kappa shape index (κ2) is 9.37. The molecule has 1 saturated heterocycles. The summed E-state index contributed by atoms with van der Waals surface area (Å²) in [6.45, 7) is 1.64. The van der Waals surface area contributed by atoms with Gasteiger partial charge in [0.1, 0.15) is 18.1 Å². The normalized spacial score (nSPS) is 18.6. The lowest BCUT2D eigenvalue weighted by molar-refractivity contribution is -0.125. The van der Waals surface area contributed by atoms with Crippen molar-refractivity contribution in [2.45, 2.75) is 12.1 Å². The molecule has 0 saturated carbocycles. The monoisotopic (exact) mass is 404 g/mol. The zero-order chi connectivity index (χ0) is 20.8. The molecule has 1 amide bonds. The standard InChI is InChI=1S/C23H24N4O3/c1-29-19-6-2-5-17(11-19)21-8-4-10-26-23(21)22-14-25-12-18(27(22)16-28)15-30-20-7-3-9-24-13-20/h2-11,13,16,18,22,25H,12,14-15H2,1H3. The van der Waals surface area contributed by atoms with Crippen LogP contribution in [0, 0.1) is 0 Å². The molecule has 7 nitrogen and oxygen atoms in total. The summed E-state index contributed by atoms with van der Waals surface area (Å²) in [5.41, 5.74) is 2.82. The number of nitrogens with zero attached hydrogens (tertiary/aromatic N) is 3. The van der Waals surface area contributed by atoms with E-state index in [1.807, 2.05) is 48.5 Å². The molecule has 1 aliphatic rings. The molecule has 1 aromatic carbocycles. The van der Waals surface area contributed by atoms with Crippen LogP contribution < -0.4 is 14.8 Å². The summed E-state index contributed by atoms with van der Waals surface area (Å²) < 4.78 is 11.2. The number of benzene rings is 1. The number of carbonyl (C=O) groups is 1. The molecule has 154 valence electrons. The molecule has 4 rings (SSSR count). The Morgan fingerprint density at radius 1 is 1.13 bits per heavy atom. The number of aromatic nitrogens is 2. The molecule has 2 atom stereocenters. The fourth-order valence-electron chi connectivity index (χ4n) is 3.74. The van der Waals surface area contributed by atoms with Crippen molar-refractivity contribution < 1.29 is 14.3 Å². The fourth-order valence-corrected chi connectivity index (χ4v) is 3.74. The second-order valence-electron chi connectivity index (χ2n) is 7.05. The van der Waals surface area contributed by atoms with Crippen LogP contribution in [-0.4, -0.2) is 54.1 Å². The van der Waals surface area contributed by atoms with Crippen LogP contribution in [0.25, 0.3) is 11.1 Å². The molecule has 0 spiro atoms. The van der Waals surface area contributed by atoms with Gasteiger partial charge in [-0.3, -0.25) is 14.8 Å². The van der Waals surface area contributed by atoms with Crippen LogP contribution in [0.3, 0.4) is 0 Å². The van der Waals surface area contributed by atoms with Gasteiger partial charge in [0.25, 0.3) is 0 Å². The second-order valence-corrected chi connectivity index (χ2v) is 7.05. The van der Waals surface area contributed by atoms with Gasteiger partial charge in [-0.25, -0.2) is 0 Å². The number of piperazine rings is 1. The first-order valence-corrected chi connectivity index (χ1v) is 9.85. The summed E-state index contributed by atoms with van der Waals surface area (Å²) in [6, 6.07) is 15.1. The number of hydrogen-bond donors (Lipinski definition) is 1. The Hall–Kier alpha value is -3.45. The Bertz CT molecular complexity index is 983. The summed E-state index contributed by atoms with van der Waals surface area (Å²) in [5.74, 6) is 1.46. The number of rotatable bonds is 7. The predicted octanol–water partition coefficient (Wildman–Crippen LogP) is 2.70. The highest BCUT2D eigenvalue weighted by molar-refractivity contribution is 5.68. The number of nitrogens with one attached hydrogen (secondary N) is 1. The van der Waals surface area contributed by atoms with E-state index in [1.165, 1.54) is 0 Å². The van der Waals surface area contributed by atoms with Crippen LogP contribution in [-0.2, 0) is 4.79 Å². The first-order valence-electron chi connectivity index (χ1n) is 9.85. The first-order chi connectivity index (χ1) is 14.8. The van der Waals surface area contributed by atoms with Crippen LogP contribution in [0.2, 0.25) is 0 Å². The highest BCUT2D eigenvalue weighted by Gasteiger charge is 2.33. The van der Waals surface area contributed by atoms with Gasteiger partial charge in [-0.15, -0.1) is 0 Å². The maximum absolute atomic E-state index is 12.1. The molecule has 0 radical (unpaired) electrons. The SMILES string of the molecule is COc1cccc(-c2cccnc2C2CNCC(COc3cccnc3)N2C=O)c1. The van der Waals surface area contributed by atoms with E-state index in [2.05, 4.69) is 15.3 Å². The van der Waals surface area contributed by atoms with E-state index in [0.29, 0.717) is 25.4 Å². The van der Waals surface area contributed by atoms with Gasteiger partial charge < -0.3 is 19.7 Å². The third-order valence-electron chi connectivity index (χ3n) is 5.23. The van der Waals surface area contributed by atoms with Crippen LogP contribution in [0.15, 0.2) is 67.1 Å². The summed E-state index contributed by atoms with van der Waals surface area (Å²) in [4.78, 5) is 22.6. The minimum Gasteiger partial charge on any atom is -0.497 e. The third kappa shape index (κ3) is 4.26. The third-order valence-corrected chi connectivity index (χ3v) is 5.23. The molecule has 3 heterocycles. The zero-order valence-electron chi connectivity index (χ0n) is 16.8. The molecule has 0 bridgehead atoms. The first kappa shape index (κ1) is 19.8. The van der Waals surface area contributed by atoms with Crippen LogP contribution in [0.5, 0.6) is 11.5 Å². The van der Waals surface area contributed by atoms with Gasteiger partial charge in [0.2, 0.25) is 6.41 Å². The largest absolute Gasteiger partial charge is 0.497 e. The van der Waals surface area contributed by atoms with Crippen molar-refractivity contribution >= 4 is 6.41 Å².